The summed E-state index contributed by atoms with van der Waals surface area (Å²) in [6.45, 7) is 2.37. The number of aliphatic hydroxyl groups excluding tert-OH is 2. The van der Waals surface area contributed by atoms with E-state index in [1.807, 2.05) is 12.1 Å². The molecule has 0 bridgehead atoms. The standard InChI is InChI=1S/C22H36N4O7/c1-12-9-21(29,11-26-8-6-13-5-4-7-25-10-13)22(30)20(31-12)32-19-17(28)14(23-2)16(27)15(24-3)18(19)33-22/h4-5,7,10,12,14-20,23-24,26-30H,6,8-9,11H2,1-3H3/t12-,14-,15+,16+,17+,18-,19-,20+,21-,22-/m1/s1. The van der Waals surface area contributed by atoms with Crippen LogP contribution < -0.4 is 16.0 Å². The van der Waals surface area contributed by atoms with Crippen molar-refractivity contribution in [3.8, 4) is 0 Å². The number of nitrogens with zero attached hydrogens (tertiary/aromatic N) is 1. The molecule has 1 aromatic rings. The van der Waals surface area contributed by atoms with Crippen LogP contribution in [0, 0.1) is 0 Å². The van der Waals surface area contributed by atoms with Crippen molar-refractivity contribution in [2.45, 2.75) is 80.0 Å². The summed E-state index contributed by atoms with van der Waals surface area (Å²) in [6, 6.07) is 2.50. The van der Waals surface area contributed by atoms with Gasteiger partial charge < -0.3 is 50.6 Å². The minimum absolute atomic E-state index is 0.0309. The lowest BCUT2D eigenvalue weighted by molar-refractivity contribution is -0.482. The molecule has 33 heavy (non-hydrogen) atoms. The van der Waals surface area contributed by atoms with Gasteiger partial charge in [0, 0.05) is 25.4 Å². The van der Waals surface area contributed by atoms with Crippen LogP contribution in [0.4, 0.5) is 0 Å². The number of ether oxygens (including phenoxy) is 3. The highest BCUT2D eigenvalue weighted by molar-refractivity contribution is 5.13. The van der Waals surface area contributed by atoms with Gasteiger partial charge >= 0.3 is 0 Å². The first-order valence-corrected chi connectivity index (χ1v) is 11.5. The minimum atomic E-state index is -2.21. The van der Waals surface area contributed by atoms with Gasteiger partial charge in [0.2, 0.25) is 12.1 Å². The maximum atomic E-state index is 11.6. The highest BCUT2D eigenvalue weighted by Gasteiger charge is 2.68. The van der Waals surface area contributed by atoms with Crippen LogP contribution in [0.25, 0.3) is 0 Å². The Labute approximate surface area is 193 Å². The summed E-state index contributed by atoms with van der Waals surface area (Å²) in [5.74, 6) is -2.21. The van der Waals surface area contributed by atoms with E-state index >= 15 is 0 Å². The number of hydrogen-bond donors (Lipinski definition) is 7. The number of likely N-dealkylation sites (N-methyl/N-ethyl adjacent to an activating group) is 2. The van der Waals surface area contributed by atoms with Gasteiger partial charge in [-0.05, 0) is 45.6 Å². The predicted molar refractivity (Wildman–Crippen MR) is 117 cm³/mol. The third-order valence-corrected chi connectivity index (χ3v) is 7.08. The minimum Gasteiger partial charge on any atom is -0.390 e. The van der Waals surface area contributed by atoms with Crippen LogP contribution in [0.3, 0.4) is 0 Å². The van der Waals surface area contributed by atoms with Crippen LogP contribution in [0.15, 0.2) is 24.5 Å². The second-order valence-electron chi connectivity index (χ2n) is 9.29. The maximum Gasteiger partial charge on any atom is 0.249 e. The van der Waals surface area contributed by atoms with Gasteiger partial charge in [0.25, 0.3) is 0 Å². The van der Waals surface area contributed by atoms with E-state index in [0.29, 0.717) is 13.0 Å². The fourth-order valence-electron chi connectivity index (χ4n) is 5.30. The molecule has 186 valence electrons. The molecular weight excluding hydrogens is 432 g/mol. The second kappa shape index (κ2) is 9.78. The molecule has 1 aromatic heterocycles. The van der Waals surface area contributed by atoms with E-state index in [1.165, 1.54) is 0 Å². The average Bonchev–Trinajstić information content (AvgIpc) is 2.78. The quantitative estimate of drug-likeness (QED) is 0.212. The van der Waals surface area contributed by atoms with Crippen LogP contribution in [0.2, 0.25) is 0 Å². The molecule has 11 nitrogen and oxygen atoms in total. The van der Waals surface area contributed by atoms with Crippen molar-refractivity contribution in [2.75, 3.05) is 27.2 Å². The van der Waals surface area contributed by atoms with Gasteiger partial charge in [-0.1, -0.05) is 6.07 Å². The van der Waals surface area contributed by atoms with Crippen molar-refractivity contribution in [1.82, 2.24) is 20.9 Å². The lowest BCUT2D eigenvalue weighted by Gasteiger charge is -2.60. The Bertz CT molecular complexity index is 791. The normalized spacial score (nSPS) is 45.3. The first-order chi connectivity index (χ1) is 15.7. The van der Waals surface area contributed by atoms with E-state index in [0.717, 1.165) is 5.56 Å². The van der Waals surface area contributed by atoms with Gasteiger partial charge in [-0.3, -0.25) is 4.98 Å². The van der Waals surface area contributed by atoms with E-state index in [1.54, 1.807) is 33.4 Å². The molecule has 0 aromatic carbocycles. The zero-order valence-electron chi connectivity index (χ0n) is 19.2. The molecule has 3 fully saturated rings. The summed E-state index contributed by atoms with van der Waals surface area (Å²) < 4.78 is 17.9. The van der Waals surface area contributed by atoms with Crippen molar-refractivity contribution in [1.29, 1.82) is 0 Å². The summed E-state index contributed by atoms with van der Waals surface area (Å²) in [5, 5.41) is 53.9. The fourth-order valence-corrected chi connectivity index (χ4v) is 5.30. The highest BCUT2D eigenvalue weighted by Crippen LogP contribution is 2.46. The molecule has 0 amide bonds. The third kappa shape index (κ3) is 4.43. The molecule has 2 aliphatic heterocycles. The van der Waals surface area contributed by atoms with Gasteiger partial charge in [-0.15, -0.1) is 0 Å². The second-order valence-corrected chi connectivity index (χ2v) is 9.29. The van der Waals surface area contributed by atoms with Crippen molar-refractivity contribution in [2.24, 2.45) is 0 Å². The Morgan fingerprint density at radius 2 is 1.85 bits per heavy atom. The number of pyridine rings is 1. The number of rotatable bonds is 7. The van der Waals surface area contributed by atoms with Crippen molar-refractivity contribution in [3.05, 3.63) is 30.1 Å². The molecular formula is C22H36N4O7. The molecule has 0 unspecified atom stereocenters. The van der Waals surface area contributed by atoms with Crippen LogP contribution in [0.5, 0.6) is 0 Å². The van der Waals surface area contributed by atoms with Crippen LogP contribution in [0.1, 0.15) is 18.9 Å². The zero-order chi connectivity index (χ0) is 23.8. The maximum absolute atomic E-state index is 11.6. The number of aromatic nitrogens is 1. The Morgan fingerprint density at radius 1 is 1.09 bits per heavy atom. The third-order valence-electron chi connectivity index (χ3n) is 7.08. The van der Waals surface area contributed by atoms with Crippen molar-refractivity contribution >= 4 is 0 Å². The van der Waals surface area contributed by atoms with E-state index < -0.39 is 60.3 Å². The molecule has 2 saturated heterocycles. The topological polar surface area (TPSA) is 158 Å². The summed E-state index contributed by atoms with van der Waals surface area (Å²) in [5.41, 5.74) is -0.682. The molecule has 0 radical (unpaired) electrons. The lowest BCUT2D eigenvalue weighted by atomic mass is 9.77. The summed E-state index contributed by atoms with van der Waals surface area (Å²) >= 11 is 0. The summed E-state index contributed by atoms with van der Waals surface area (Å²) in [6.07, 6.45) is -1.38. The Hall–Kier alpha value is -1.25. The average molecular weight is 469 g/mol. The van der Waals surface area contributed by atoms with Crippen LogP contribution >= 0.6 is 0 Å². The number of fused-ring (bicyclic) bond motifs is 2. The monoisotopic (exact) mass is 468 g/mol. The number of aliphatic hydroxyl groups is 4. The fraction of sp³-hybridized carbons (Fsp3) is 0.773. The highest BCUT2D eigenvalue weighted by atomic mass is 16.8. The zero-order valence-corrected chi connectivity index (χ0v) is 19.2. The molecule has 7 N–H and O–H groups in total. The van der Waals surface area contributed by atoms with Gasteiger partial charge in [-0.25, -0.2) is 0 Å². The molecule has 0 spiro atoms. The molecule has 4 rings (SSSR count). The van der Waals surface area contributed by atoms with Crippen LogP contribution in [-0.4, -0.2) is 113 Å². The Kier molecular flexibility index (Phi) is 7.37. The van der Waals surface area contributed by atoms with Gasteiger partial charge in [0.05, 0.1) is 24.3 Å². The molecule has 3 aliphatic rings. The van der Waals surface area contributed by atoms with E-state index in [2.05, 4.69) is 20.9 Å². The summed E-state index contributed by atoms with van der Waals surface area (Å²) in [7, 11) is 3.29. The smallest absolute Gasteiger partial charge is 0.249 e. The van der Waals surface area contributed by atoms with Crippen molar-refractivity contribution < 1.29 is 34.6 Å². The SMILES string of the molecule is CN[C@@H]1[C@H](O)[C@H](NC)[C@H]2O[C@]3(O)[C@H](O[C@@H]2[C@H]1O)O[C@H](C)C[C@@]3(O)CNCCc1cccnc1. The summed E-state index contributed by atoms with van der Waals surface area (Å²) in [4.78, 5) is 4.10. The Morgan fingerprint density at radius 3 is 2.52 bits per heavy atom. The molecule has 10 atom stereocenters. The molecule has 1 aliphatic carbocycles. The lowest BCUT2D eigenvalue weighted by Crippen LogP contribution is -2.81. The molecule has 1 saturated carbocycles. The predicted octanol–water partition coefficient (Wildman–Crippen LogP) is -2.54. The van der Waals surface area contributed by atoms with E-state index in [-0.39, 0.29) is 13.0 Å². The largest absolute Gasteiger partial charge is 0.390 e. The number of nitrogens with one attached hydrogen (secondary N) is 3. The van der Waals surface area contributed by atoms with Gasteiger partial charge in [-0.2, -0.15) is 0 Å². The van der Waals surface area contributed by atoms with E-state index in [4.69, 9.17) is 14.2 Å². The van der Waals surface area contributed by atoms with E-state index in [9.17, 15) is 20.4 Å². The van der Waals surface area contributed by atoms with Gasteiger partial charge in [0.15, 0.2) is 0 Å². The number of hydrogen-bond acceptors (Lipinski definition) is 11. The first-order valence-electron chi connectivity index (χ1n) is 11.5. The van der Waals surface area contributed by atoms with Crippen LogP contribution in [-0.2, 0) is 20.6 Å². The Balaban J connectivity index is 1.52. The van der Waals surface area contributed by atoms with Gasteiger partial charge in [0.1, 0.15) is 23.9 Å². The molecule has 11 heteroatoms. The molecule has 3 heterocycles. The van der Waals surface area contributed by atoms with Crippen molar-refractivity contribution in [3.63, 3.8) is 0 Å². The first kappa shape index (κ1) is 24.9.